The lowest BCUT2D eigenvalue weighted by molar-refractivity contribution is 0.617. The van der Waals surface area contributed by atoms with Crippen molar-refractivity contribution >= 4 is 11.8 Å². The Bertz CT molecular complexity index is 506. The van der Waals surface area contributed by atoms with Crippen LogP contribution in [0.1, 0.15) is 37.1 Å². The summed E-state index contributed by atoms with van der Waals surface area (Å²) in [6.45, 7) is 2.86. The van der Waals surface area contributed by atoms with Crippen LogP contribution in [0.4, 0.5) is 0 Å². The van der Waals surface area contributed by atoms with Crippen LogP contribution in [0.5, 0.6) is 0 Å². The van der Waals surface area contributed by atoms with Crippen molar-refractivity contribution in [3.63, 3.8) is 0 Å². The summed E-state index contributed by atoms with van der Waals surface area (Å²) in [4.78, 5) is 1.27. The van der Waals surface area contributed by atoms with E-state index in [9.17, 15) is 0 Å². The van der Waals surface area contributed by atoms with Crippen molar-refractivity contribution in [2.45, 2.75) is 37.2 Å². The molecule has 0 aliphatic carbocycles. The van der Waals surface area contributed by atoms with Crippen LogP contribution in [-0.2, 0) is 6.54 Å². The van der Waals surface area contributed by atoms with E-state index in [1.165, 1.54) is 10.5 Å². The van der Waals surface area contributed by atoms with Crippen molar-refractivity contribution in [1.82, 2.24) is 15.0 Å². The lowest BCUT2D eigenvalue weighted by atomic mass is 10.1. The third kappa shape index (κ3) is 3.81. The molecule has 4 nitrogen and oxygen atoms in total. The molecule has 0 amide bonds. The summed E-state index contributed by atoms with van der Waals surface area (Å²) in [7, 11) is 0. The zero-order valence-corrected chi connectivity index (χ0v) is 12.2. The van der Waals surface area contributed by atoms with Crippen LogP contribution >= 0.6 is 11.8 Å². The summed E-state index contributed by atoms with van der Waals surface area (Å²) in [5, 5.41) is 8.29. The van der Waals surface area contributed by atoms with Crippen molar-refractivity contribution in [1.29, 1.82) is 0 Å². The molecule has 1 aromatic carbocycles. The summed E-state index contributed by atoms with van der Waals surface area (Å²) >= 11 is 1.75. The van der Waals surface area contributed by atoms with Gasteiger partial charge in [0.05, 0.1) is 24.5 Å². The molecule has 1 aromatic heterocycles. The molecule has 1 atom stereocenters. The van der Waals surface area contributed by atoms with Gasteiger partial charge in [-0.2, -0.15) is 0 Å². The summed E-state index contributed by atoms with van der Waals surface area (Å²) in [6, 6.07) is 8.50. The molecule has 0 saturated carbocycles. The largest absolute Gasteiger partial charge is 0.323 e. The Hall–Kier alpha value is -1.33. The van der Waals surface area contributed by atoms with E-state index in [2.05, 4.69) is 47.8 Å². The molecule has 1 heterocycles. The van der Waals surface area contributed by atoms with Gasteiger partial charge in [-0.1, -0.05) is 30.7 Å². The number of aromatic nitrogens is 3. The normalized spacial score (nSPS) is 12.6. The van der Waals surface area contributed by atoms with Gasteiger partial charge in [-0.3, -0.25) is 0 Å². The first-order chi connectivity index (χ1) is 9.22. The van der Waals surface area contributed by atoms with E-state index in [4.69, 9.17) is 5.73 Å². The van der Waals surface area contributed by atoms with Gasteiger partial charge in [-0.15, -0.1) is 16.9 Å². The summed E-state index contributed by atoms with van der Waals surface area (Å²) in [6.07, 6.45) is 6.03. The molecule has 19 heavy (non-hydrogen) atoms. The summed E-state index contributed by atoms with van der Waals surface area (Å²) < 4.78 is 1.85. The summed E-state index contributed by atoms with van der Waals surface area (Å²) in [5.74, 6) is 0. The minimum absolute atomic E-state index is 0.00221. The van der Waals surface area contributed by atoms with E-state index in [1.54, 1.807) is 11.8 Å². The quantitative estimate of drug-likeness (QED) is 0.824. The molecule has 2 N–H and O–H groups in total. The SMILES string of the molecule is CCCC(N)c1cn(Cc2ccc(SC)cc2)nn1. The van der Waals surface area contributed by atoms with Crippen molar-refractivity contribution in [2.24, 2.45) is 5.73 Å². The standard InChI is InChI=1S/C14H20N4S/c1-3-4-13(15)14-10-18(17-16-14)9-11-5-7-12(19-2)8-6-11/h5-8,10,13H,3-4,9,15H2,1-2H3. The molecular weight excluding hydrogens is 256 g/mol. The molecule has 0 aliphatic rings. The van der Waals surface area contributed by atoms with Gasteiger partial charge in [0.1, 0.15) is 0 Å². The monoisotopic (exact) mass is 276 g/mol. The average Bonchev–Trinajstić information content (AvgIpc) is 2.88. The second kappa shape index (κ2) is 6.73. The number of nitrogens with two attached hydrogens (primary N) is 1. The number of hydrogen-bond acceptors (Lipinski definition) is 4. The highest BCUT2D eigenvalue weighted by atomic mass is 32.2. The molecule has 0 fully saturated rings. The zero-order valence-electron chi connectivity index (χ0n) is 11.4. The number of rotatable bonds is 6. The molecule has 102 valence electrons. The van der Waals surface area contributed by atoms with Crippen LogP contribution in [0.25, 0.3) is 0 Å². The molecule has 5 heteroatoms. The minimum atomic E-state index is -0.00221. The number of benzene rings is 1. The third-order valence-corrected chi connectivity index (χ3v) is 3.78. The van der Waals surface area contributed by atoms with Crippen LogP contribution < -0.4 is 5.73 Å². The Morgan fingerprint density at radius 3 is 2.68 bits per heavy atom. The molecule has 0 spiro atoms. The van der Waals surface area contributed by atoms with Gasteiger partial charge in [-0.25, -0.2) is 4.68 Å². The Balaban J connectivity index is 2.02. The molecule has 0 bridgehead atoms. The van der Waals surface area contributed by atoms with Crippen molar-refractivity contribution in [3.8, 4) is 0 Å². The van der Waals surface area contributed by atoms with Crippen molar-refractivity contribution in [2.75, 3.05) is 6.26 Å². The lowest BCUT2D eigenvalue weighted by Gasteiger charge is -2.05. The predicted octanol–water partition coefficient (Wildman–Crippen LogP) is 2.85. The van der Waals surface area contributed by atoms with Gasteiger partial charge in [-0.05, 0) is 30.4 Å². The second-order valence-electron chi connectivity index (χ2n) is 4.58. The van der Waals surface area contributed by atoms with Gasteiger partial charge in [0, 0.05) is 4.90 Å². The first kappa shape index (κ1) is 14.1. The van der Waals surface area contributed by atoms with Crippen LogP contribution in [0.15, 0.2) is 35.4 Å². The Labute approximate surface area is 118 Å². The van der Waals surface area contributed by atoms with Gasteiger partial charge < -0.3 is 5.73 Å². The maximum Gasteiger partial charge on any atom is 0.0994 e. The number of nitrogens with zero attached hydrogens (tertiary/aromatic N) is 3. The van der Waals surface area contributed by atoms with Gasteiger partial charge in [0.15, 0.2) is 0 Å². The predicted molar refractivity (Wildman–Crippen MR) is 79.2 cm³/mol. The molecule has 0 aliphatic heterocycles. The highest BCUT2D eigenvalue weighted by molar-refractivity contribution is 7.98. The van der Waals surface area contributed by atoms with Crippen LogP contribution in [0.3, 0.4) is 0 Å². The smallest absolute Gasteiger partial charge is 0.0994 e. The van der Waals surface area contributed by atoms with E-state index in [0.29, 0.717) is 0 Å². The van der Waals surface area contributed by atoms with Crippen LogP contribution in [0.2, 0.25) is 0 Å². The maximum atomic E-state index is 6.03. The van der Waals surface area contributed by atoms with E-state index < -0.39 is 0 Å². The average molecular weight is 276 g/mol. The van der Waals surface area contributed by atoms with Crippen LogP contribution in [0, 0.1) is 0 Å². The zero-order chi connectivity index (χ0) is 13.7. The molecule has 0 saturated heterocycles. The van der Waals surface area contributed by atoms with Crippen LogP contribution in [-0.4, -0.2) is 21.2 Å². The fourth-order valence-electron chi connectivity index (χ4n) is 1.94. The molecule has 1 unspecified atom stereocenters. The fourth-order valence-corrected chi connectivity index (χ4v) is 2.35. The molecular formula is C14H20N4S. The third-order valence-electron chi connectivity index (χ3n) is 3.04. The van der Waals surface area contributed by atoms with Crippen molar-refractivity contribution < 1.29 is 0 Å². The minimum Gasteiger partial charge on any atom is -0.323 e. The Morgan fingerprint density at radius 1 is 1.32 bits per heavy atom. The first-order valence-corrected chi connectivity index (χ1v) is 7.74. The topological polar surface area (TPSA) is 56.7 Å². The van der Waals surface area contributed by atoms with E-state index in [-0.39, 0.29) is 6.04 Å². The van der Waals surface area contributed by atoms with Gasteiger partial charge >= 0.3 is 0 Å². The van der Waals surface area contributed by atoms with Gasteiger partial charge in [0.25, 0.3) is 0 Å². The highest BCUT2D eigenvalue weighted by Crippen LogP contribution is 2.16. The van der Waals surface area contributed by atoms with E-state index in [0.717, 1.165) is 25.1 Å². The molecule has 2 rings (SSSR count). The van der Waals surface area contributed by atoms with E-state index >= 15 is 0 Å². The lowest BCUT2D eigenvalue weighted by Crippen LogP contribution is -2.10. The molecule has 2 aromatic rings. The Kier molecular flexibility index (Phi) is 4.99. The molecule has 0 radical (unpaired) electrons. The summed E-state index contributed by atoms with van der Waals surface area (Å²) in [5.41, 5.74) is 8.13. The second-order valence-corrected chi connectivity index (χ2v) is 5.46. The first-order valence-electron chi connectivity index (χ1n) is 6.51. The Morgan fingerprint density at radius 2 is 2.05 bits per heavy atom. The number of thioether (sulfide) groups is 1. The maximum absolute atomic E-state index is 6.03. The highest BCUT2D eigenvalue weighted by Gasteiger charge is 2.09. The fraction of sp³-hybridized carbons (Fsp3) is 0.429. The van der Waals surface area contributed by atoms with Gasteiger partial charge in [0.2, 0.25) is 0 Å². The number of hydrogen-bond donors (Lipinski definition) is 1. The van der Waals surface area contributed by atoms with E-state index in [1.807, 2.05) is 10.9 Å². The van der Waals surface area contributed by atoms with Crippen molar-refractivity contribution in [3.05, 3.63) is 41.7 Å².